The zero-order chi connectivity index (χ0) is 11.2. The van der Waals surface area contributed by atoms with Gasteiger partial charge in [0, 0.05) is 0 Å². The Balaban J connectivity index is 2.76. The minimum atomic E-state index is -2.25. The molecule has 6 heteroatoms. The predicted molar refractivity (Wildman–Crippen MR) is 64.3 cm³/mol. The van der Waals surface area contributed by atoms with E-state index < -0.39 is 18.4 Å². The molecule has 2 aromatic rings. The summed E-state index contributed by atoms with van der Waals surface area (Å²) in [5.41, 5.74) is 1.52. The number of rotatable bonds is 1. The summed E-state index contributed by atoms with van der Waals surface area (Å²) in [6.45, 7) is 0. The van der Waals surface area contributed by atoms with Gasteiger partial charge in [0.15, 0.2) is 0 Å². The summed E-state index contributed by atoms with van der Waals surface area (Å²) in [5.74, 6) is 0. The third-order valence-electron chi connectivity index (χ3n) is 2.19. The SMILES string of the molecule is Cn1cnc2c(Cl)n[c]([Sn]([CH3])([CH3])[CH3])nc21. The van der Waals surface area contributed by atoms with E-state index >= 15 is 0 Å². The molecule has 0 bridgehead atoms. The van der Waals surface area contributed by atoms with Crippen LogP contribution in [0.2, 0.25) is 20.0 Å². The van der Waals surface area contributed by atoms with Crippen LogP contribution in [0.15, 0.2) is 6.33 Å². The number of nitrogens with zero attached hydrogens (tertiary/aromatic N) is 4. The van der Waals surface area contributed by atoms with Gasteiger partial charge in [-0.1, -0.05) is 0 Å². The second kappa shape index (κ2) is 3.59. The molecule has 2 aromatic heterocycles. The van der Waals surface area contributed by atoms with Gasteiger partial charge in [0.1, 0.15) is 0 Å². The van der Waals surface area contributed by atoms with Gasteiger partial charge in [-0.15, -0.1) is 0 Å². The maximum absolute atomic E-state index is 6.09. The molecule has 0 aromatic carbocycles. The molecule has 0 saturated carbocycles. The van der Waals surface area contributed by atoms with E-state index in [0.717, 1.165) is 9.49 Å². The van der Waals surface area contributed by atoms with E-state index in [4.69, 9.17) is 11.6 Å². The number of hydrogen-bond donors (Lipinski definition) is 0. The second-order valence-electron chi connectivity index (χ2n) is 4.62. The van der Waals surface area contributed by atoms with E-state index in [-0.39, 0.29) is 0 Å². The molecular weight excluding hydrogens is 318 g/mol. The van der Waals surface area contributed by atoms with Crippen molar-refractivity contribution in [2.24, 2.45) is 7.05 Å². The van der Waals surface area contributed by atoms with Gasteiger partial charge in [0.2, 0.25) is 0 Å². The van der Waals surface area contributed by atoms with E-state index in [9.17, 15) is 0 Å². The normalized spacial score (nSPS) is 12.3. The molecule has 4 nitrogen and oxygen atoms in total. The fraction of sp³-hybridized carbons (Fsp3) is 0.444. The number of imidazole rings is 1. The van der Waals surface area contributed by atoms with E-state index in [1.807, 2.05) is 11.6 Å². The number of hydrogen-bond acceptors (Lipinski definition) is 3. The van der Waals surface area contributed by atoms with Gasteiger partial charge in [-0.05, 0) is 0 Å². The third-order valence-corrected chi connectivity index (χ3v) is 6.92. The number of aromatic nitrogens is 4. The van der Waals surface area contributed by atoms with Crippen LogP contribution in [0.5, 0.6) is 0 Å². The maximum atomic E-state index is 6.09. The minimum absolute atomic E-state index is 0.474. The standard InChI is InChI=1S/C6H4ClN4.3CH3.Sn/c1-11-3-10-4-5(7)8-2-9-6(4)11;;;;/h3H,1H3;3*1H3;. The van der Waals surface area contributed by atoms with Gasteiger partial charge in [-0.25, -0.2) is 0 Å². The monoisotopic (exact) mass is 332 g/mol. The molecule has 0 fully saturated rings. The molecule has 0 unspecified atom stereocenters. The Morgan fingerprint density at radius 1 is 1.27 bits per heavy atom. The summed E-state index contributed by atoms with van der Waals surface area (Å²) >= 11 is 3.84. The molecule has 0 amide bonds. The average molecular weight is 331 g/mol. The Hall–Kier alpha value is -0.361. The molecular formula is C9H13ClN4Sn. The summed E-state index contributed by atoms with van der Waals surface area (Å²) in [4.78, 5) is 19.9. The van der Waals surface area contributed by atoms with Crippen LogP contribution in [0.1, 0.15) is 0 Å². The van der Waals surface area contributed by atoms with E-state index in [0.29, 0.717) is 10.7 Å². The summed E-state index contributed by atoms with van der Waals surface area (Å²) in [6, 6.07) is 0. The molecule has 0 aliphatic rings. The van der Waals surface area contributed by atoms with Gasteiger partial charge < -0.3 is 0 Å². The Kier molecular flexibility index (Phi) is 2.66. The number of aryl methyl sites for hydroxylation is 1. The van der Waals surface area contributed by atoms with Gasteiger partial charge in [0.25, 0.3) is 0 Å². The molecule has 0 aliphatic heterocycles. The first kappa shape index (κ1) is 11.1. The fourth-order valence-corrected chi connectivity index (χ4v) is 4.26. The number of halogens is 1. The van der Waals surface area contributed by atoms with E-state index in [1.54, 1.807) is 6.33 Å². The van der Waals surface area contributed by atoms with Crippen LogP contribution in [0.25, 0.3) is 11.2 Å². The Morgan fingerprint density at radius 2 is 1.93 bits per heavy atom. The summed E-state index contributed by atoms with van der Waals surface area (Å²) < 4.78 is 2.83. The van der Waals surface area contributed by atoms with Crippen molar-refractivity contribution in [1.29, 1.82) is 0 Å². The van der Waals surface area contributed by atoms with Crippen molar-refractivity contribution in [2.45, 2.75) is 14.8 Å². The Morgan fingerprint density at radius 3 is 2.53 bits per heavy atom. The van der Waals surface area contributed by atoms with Crippen LogP contribution in [-0.4, -0.2) is 37.9 Å². The third kappa shape index (κ3) is 1.97. The second-order valence-corrected chi connectivity index (χ2v) is 19.1. The van der Waals surface area contributed by atoms with Crippen LogP contribution >= 0.6 is 11.6 Å². The summed E-state index contributed by atoms with van der Waals surface area (Å²) in [6.07, 6.45) is 1.72. The first-order valence-corrected chi connectivity index (χ1v) is 15.1. The molecule has 0 atom stereocenters. The van der Waals surface area contributed by atoms with Crippen LogP contribution in [0.4, 0.5) is 0 Å². The zero-order valence-electron chi connectivity index (χ0n) is 9.24. The molecule has 0 aliphatic carbocycles. The van der Waals surface area contributed by atoms with Crippen molar-refractivity contribution in [3.05, 3.63) is 11.5 Å². The summed E-state index contributed by atoms with van der Waals surface area (Å²) in [5, 5.41) is 0.474. The van der Waals surface area contributed by atoms with Crippen molar-refractivity contribution in [1.82, 2.24) is 19.5 Å². The van der Waals surface area contributed by atoms with Crippen LogP contribution in [-0.2, 0) is 7.05 Å². The van der Waals surface area contributed by atoms with Gasteiger partial charge >= 0.3 is 97.8 Å². The summed E-state index contributed by atoms with van der Waals surface area (Å²) in [7, 11) is 1.92. The zero-order valence-corrected chi connectivity index (χ0v) is 12.9. The van der Waals surface area contributed by atoms with Crippen molar-refractivity contribution in [3.8, 4) is 0 Å². The average Bonchev–Trinajstić information content (AvgIpc) is 2.47. The number of fused-ring (bicyclic) bond motifs is 1. The van der Waals surface area contributed by atoms with Crippen molar-refractivity contribution in [3.63, 3.8) is 0 Å². The van der Waals surface area contributed by atoms with Gasteiger partial charge in [0.05, 0.1) is 0 Å². The Labute approximate surface area is 97.6 Å². The van der Waals surface area contributed by atoms with E-state index in [1.165, 1.54) is 0 Å². The molecule has 0 saturated heterocycles. The quantitative estimate of drug-likeness (QED) is 0.588. The topological polar surface area (TPSA) is 43.6 Å². The van der Waals surface area contributed by atoms with Crippen LogP contribution in [0.3, 0.4) is 0 Å². The molecule has 2 rings (SSSR count). The van der Waals surface area contributed by atoms with Crippen LogP contribution < -0.4 is 3.84 Å². The fourth-order valence-electron chi connectivity index (χ4n) is 1.31. The van der Waals surface area contributed by atoms with E-state index in [2.05, 4.69) is 29.8 Å². The van der Waals surface area contributed by atoms with Crippen molar-refractivity contribution >= 4 is 45.0 Å². The first-order chi connectivity index (χ1) is 6.89. The Bertz CT molecular complexity index is 515. The molecule has 80 valence electrons. The molecule has 0 radical (unpaired) electrons. The first-order valence-electron chi connectivity index (χ1n) is 4.74. The molecule has 0 N–H and O–H groups in total. The van der Waals surface area contributed by atoms with Gasteiger partial charge in [-0.2, -0.15) is 0 Å². The molecule has 2 heterocycles. The van der Waals surface area contributed by atoms with Crippen molar-refractivity contribution < 1.29 is 0 Å². The van der Waals surface area contributed by atoms with Crippen LogP contribution in [0, 0.1) is 0 Å². The van der Waals surface area contributed by atoms with Gasteiger partial charge in [-0.3, -0.25) is 0 Å². The molecule has 0 spiro atoms. The predicted octanol–water partition coefficient (Wildman–Crippen LogP) is 1.56. The van der Waals surface area contributed by atoms with Crippen molar-refractivity contribution in [2.75, 3.05) is 0 Å². The molecule has 15 heavy (non-hydrogen) atoms.